The highest BCUT2D eigenvalue weighted by atomic mass is 32.2. The number of hydrogen-bond acceptors (Lipinski definition) is 5. The molecular weight excluding hydrogens is 395 g/mol. The molecule has 2 aliphatic rings. The van der Waals surface area contributed by atoms with Crippen LogP contribution in [-0.2, 0) is 20.3 Å². The van der Waals surface area contributed by atoms with Crippen LogP contribution in [0.2, 0.25) is 0 Å². The molecule has 8 heteroatoms. The molecule has 0 bridgehead atoms. The lowest BCUT2D eigenvalue weighted by Crippen LogP contribution is -2.36. The first-order chi connectivity index (χ1) is 13.6. The molecule has 0 radical (unpaired) electrons. The van der Waals surface area contributed by atoms with Crippen molar-refractivity contribution in [3.8, 4) is 0 Å². The first-order valence-corrected chi connectivity index (χ1v) is 11.1. The lowest BCUT2D eigenvalue weighted by Gasteiger charge is -2.39. The maximum atomic E-state index is 14.4. The van der Waals surface area contributed by atoms with Gasteiger partial charge in [0, 0.05) is 24.5 Å². The highest BCUT2D eigenvalue weighted by Gasteiger charge is 2.34. The van der Waals surface area contributed by atoms with Crippen LogP contribution in [-0.4, -0.2) is 39.3 Å². The molecule has 1 fully saturated rings. The van der Waals surface area contributed by atoms with E-state index in [0.29, 0.717) is 19.6 Å². The third kappa shape index (κ3) is 4.10. The van der Waals surface area contributed by atoms with E-state index < -0.39 is 10.1 Å². The molecule has 4 rings (SSSR count). The first-order valence-electron chi connectivity index (χ1n) is 9.65. The van der Waals surface area contributed by atoms with Gasteiger partial charge in [0.1, 0.15) is 5.82 Å². The maximum Gasteiger partial charge on any atom is 0.294 e. The fourth-order valence-electron chi connectivity index (χ4n) is 4.23. The number of rotatable bonds is 3. The topological polar surface area (TPSA) is 78.9 Å². The zero-order chi connectivity index (χ0) is 20.8. The molecule has 29 heavy (non-hydrogen) atoms. The average Bonchev–Trinajstić information content (AvgIpc) is 2.66. The first kappa shape index (κ1) is 20.1. The number of ether oxygens (including phenoxy) is 1. The Bertz CT molecular complexity index is 1030. The van der Waals surface area contributed by atoms with Gasteiger partial charge in [0.15, 0.2) is 0 Å². The second-order valence-electron chi connectivity index (χ2n) is 8.31. The van der Waals surface area contributed by atoms with Crippen molar-refractivity contribution in [2.75, 3.05) is 36.5 Å². The quantitative estimate of drug-likeness (QED) is 0.737. The molecule has 2 aliphatic heterocycles. The van der Waals surface area contributed by atoms with Gasteiger partial charge < -0.3 is 15.0 Å². The van der Waals surface area contributed by atoms with E-state index >= 15 is 0 Å². The van der Waals surface area contributed by atoms with Gasteiger partial charge in [-0.1, -0.05) is 13.8 Å². The van der Waals surface area contributed by atoms with Crippen LogP contribution in [0.4, 0.5) is 15.8 Å². The number of benzene rings is 2. The Kier molecular flexibility index (Phi) is 5.04. The summed E-state index contributed by atoms with van der Waals surface area (Å²) in [4.78, 5) is 2.00. The number of morpholine rings is 1. The fourth-order valence-corrected chi connectivity index (χ4v) is 4.74. The van der Waals surface area contributed by atoms with Crippen molar-refractivity contribution in [1.29, 1.82) is 0 Å². The van der Waals surface area contributed by atoms with Gasteiger partial charge in [-0.25, -0.2) is 4.39 Å². The van der Waals surface area contributed by atoms with Crippen molar-refractivity contribution in [2.45, 2.75) is 36.6 Å². The summed E-state index contributed by atoms with van der Waals surface area (Å²) in [5.41, 5.74) is 2.93. The predicted molar refractivity (Wildman–Crippen MR) is 110 cm³/mol. The van der Waals surface area contributed by atoms with Crippen LogP contribution in [0, 0.1) is 5.82 Å². The minimum Gasteiger partial charge on any atom is -0.378 e. The molecule has 1 saturated heterocycles. The average molecular weight is 421 g/mol. The predicted octanol–water partition coefficient (Wildman–Crippen LogP) is 3.74. The molecule has 2 aromatic carbocycles. The molecule has 2 N–H and O–H groups in total. The van der Waals surface area contributed by atoms with Gasteiger partial charge in [-0.2, -0.15) is 8.42 Å². The summed E-state index contributed by atoms with van der Waals surface area (Å²) in [7, 11) is -4.27. The Balaban J connectivity index is 1.69. The molecule has 1 atom stereocenters. The lowest BCUT2D eigenvalue weighted by molar-refractivity contribution is 0.122. The van der Waals surface area contributed by atoms with Crippen molar-refractivity contribution in [2.24, 2.45) is 0 Å². The molecule has 0 amide bonds. The van der Waals surface area contributed by atoms with E-state index in [1.807, 2.05) is 19.9 Å². The summed E-state index contributed by atoms with van der Waals surface area (Å²) >= 11 is 0. The second kappa shape index (κ2) is 7.27. The number of hydrogen-bond donors (Lipinski definition) is 2. The van der Waals surface area contributed by atoms with E-state index in [0.717, 1.165) is 35.6 Å². The third-order valence-corrected chi connectivity index (χ3v) is 6.60. The number of halogens is 1. The molecular formula is C21H25FN2O4S. The van der Waals surface area contributed by atoms with Crippen molar-refractivity contribution in [3.63, 3.8) is 0 Å². The minimum atomic E-state index is -4.27. The van der Waals surface area contributed by atoms with Crippen molar-refractivity contribution < 1.29 is 22.1 Å². The molecule has 156 valence electrons. The number of nitrogens with one attached hydrogen (secondary N) is 1. The Morgan fingerprint density at radius 1 is 1.17 bits per heavy atom. The van der Waals surface area contributed by atoms with E-state index in [2.05, 4.69) is 10.2 Å². The largest absolute Gasteiger partial charge is 0.378 e. The molecule has 0 aliphatic carbocycles. The van der Waals surface area contributed by atoms with Crippen LogP contribution in [0.3, 0.4) is 0 Å². The molecule has 2 heterocycles. The number of nitrogens with zero attached hydrogens (tertiary/aromatic N) is 1. The molecule has 1 unspecified atom stereocenters. The normalized spacial score (nSPS) is 21.4. The fraction of sp³-hybridized carbons (Fsp3) is 0.429. The Hall–Kier alpha value is -2.16. The smallest absolute Gasteiger partial charge is 0.294 e. The minimum absolute atomic E-state index is 0.120. The van der Waals surface area contributed by atoms with Gasteiger partial charge >= 0.3 is 0 Å². The molecule has 0 saturated carbocycles. The summed E-state index contributed by atoms with van der Waals surface area (Å²) in [6, 6.07) is 9.55. The highest BCUT2D eigenvalue weighted by molar-refractivity contribution is 7.85. The summed E-state index contributed by atoms with van der Waals surface area (Å²) < 4.78 is 52.2. The zero-order valence-electron chi connectivity index (χ0n) is 16.5. The van der Waals surface area contributed by atoms with Gasteiger partial charge in [0.25, 0.3) is 10.1 Å². The van der Waals surface area contributed by atoms with Crippen LogP contribution < -0.4 is 10.2 Å². The SMILES string of the molecule is CC1(C)CC(c2cc(F)cc(N3CCOCC3)c2)Nc2ccc(S(=O)(=O)O)cc21. The van der Waals surface area contributed by atoms with E-state index in [1.54, 1.807) is 18.2 Å². The molecule has 0 spiro atoms. The highest BCUT2D eigenvalue weighted by Crippen LogP contribution is 2.45. The lowest BCUT2D eigenvalue weighted by atomic mass is 9.74. The third-order valence-electron chi connectivity index (χ3n) is 5.75. The zero-order valence-corrected chi connectivity index (χ0v) is 17.3. The molecule has 0 aromatic heterocycles. The van der Waals surface area contributed by atoms with Crippen molar-refractivity contribution >= 4 is 21.5 Å². The Morgan fingerprint density at radius 2 is 1.90 bits per heavy atom. The van der Waals surface area contributed by atoms with Crippen LogP contribution in [0.5, 0.6) is 0 Å². The van der Waals surface area contributed by atoms with Crippen LogP contribution in [0.25, 0.3) is 0 Å². The molecule has 6 nitrogen and oxygen atoms in total. The van der Waals surface area contributed by atoms with Crippen LogP contribution >= 0.6 is 0 Å². The number of anilines is 2. The standard InChI is InChI=1S/C21H25FN2O4S/c1-21(2)13-20(23-19-4-3-17(12-18(19)21)29(25,26)27)14-9-15(22)11-16(10-14)24-5-7-28-8-6-24/h3-4,9-12,20,23H,5-8,13H2,1-2H3,(H,25,26,27). The van der Waals surface area contributed by atoms with Crippen molar-refractivity contribution in [3.05, 3.63) is 53.3 Å². The Labute approximate surface area is 170 Å². The van der Waals surface area contributed by atoms with E-state index in [9.17, 15) is 17.4 Å². The maximum absolute atomic E-state index is 14.4. The molecule has 2 aromatic rings. The van der Waals surface area contributed by atoms with E-state index in [4.69, 9.17) is 4.74 Å². The Morgan fingerprint density at radius 3 is 2.59 bits per heavy atom. The summed E-state index contributed by atoms with van der Waals surface area (Å²) in [6.45, 7) is 6.76. The monoisotopic (exact) mass is 420 g/mol. The summed E-state index contributed by atoms with van der Waals surface area (Å²) in [5, 5.41) is 3.42. The van der Waals surface area contributed by atoms with E-state index in [1.165, 1.54) is 12.1 Å². The van der Waals surface area contributed by atoms with Gasteiger partial charge in [-0.15, -0.1) is 0 Å². The van der Waals surface area contributed by atoms with E-state index in [-0.39, 0.29) is 22.2 Å². The summed E-state index contributed by atoms with van der Waals surface area (Å²) in [6.07, 6.45) is 0.654. The van der Waals surface area contributed by atoms with Gasteiger partial charge in [0.2, 0.25) is 0 Å². The van der Waals surface area contributed by atoms with Crippen molar-refractivity contribution in [1.82, 2.24) is 0 Å². The van der Waals surface area contributed by atoms with Crippen LogP contribution in [0.1, 0.15) is 37.4 Å². The number of fused-ring (bicyclic) bond motifs is 1. The van der Waals surface area contributed by atoms with Gasteiger partial charge in [-0.3, -0.25) is 4.55 Å². The van der Waals surface area contributed by atoms with Gasteiger partial charge in [0.05, 0.1) is 24.2 Å². The van der Waals surface area contributed by atoms with Gasteiger partial charge in [-0.05, 0) is 59.4 Å². The summed E-state index contributed by atoms with van der Waals surface area (Å²) in [5.74, 6) is -0.281. The van der Waals surface area contributed by atoms with Crippen LogP contribution in [0.15, 0.2) is 41.3 Å². The second-order valence-corrected chi connectivity index (χ2v) is 9.73.